The molecule has 0 bridgehead atoms. The first-order valence-electron chi connectivity index (χ1n) is 18.3. The highest BCUT2D eigenvalue weighted by molar-refractivity contribution is 7.20. The van der Waals surface area contributed by atoms with E-state index in [0.29, 0.717) is 17.8 Å². The van der Waals surface area contributed by atoms with Crippen LogP contribution < -0.4 is 0 Å². The quantitative estimate of drug-likeness (QED) is 0.180. The molecule has 0 radical (unpaired) electrons. The van der Waals surface area contributed by atoms with E-state index in [0.717, 1.165) is 29.6 Å². The molecule has 3 heterocycles. The molecular weight excluding hydrogens is 651 g/mol. The van der Waals surface area contributed by atoms with E-state index < -0.39 is 0 Å². The van der Waals surface area contributed by atoms with E-state index in [4.69, 9.17) is 9.97 Å². The lowest BCUT2D eigenvalue weighted by molar-refractivity contribution is 0.767. The Morgan fingerprint density at radius 3 is 2.35 bits per heavy atom. The third-order valence-corrected chi connectivity index (χ3v) is 12.5. The largest absolute Gasteiger partial charge is 0.278 e. The lowest BCUT2D eigenvalue weighted by Crippen LogP contribution is -2.08. The average Bonchev–Trinajstić information content (AvgIpc) is 3.75. The molecule has 250 valence electrons. The van der Waals surface area contributed by atoms with Crippen molar-refractivity contribution in [2.24, 2.45) is 5.92 Å². The van der Waals surface area contributed by atoms with Crippen LogP contribution in [0.4, 0.5) is 0 Å². The van der Waals surface area contributed by atoms with Gasteiger partial charge in [-0.25, -0.2) is 9.97 Å². The van der Waals surface area contributed by atoms with E-state index >= 15 is 0 Å². The predicted octanol–water partition coefficient (Wildman–Crippen LogP) is 13.1. The summed E-state index contributed by atoms with van der Waals surface area (Å²) < 4.78 is 3.62. The second kappa shape index (κ2) is 12.4. The van der Waals surface area contributed by atoms with Crippen LogP contribution >= 0.6 is 11.3 Å². The zero-order valence-corrected chi connectivity index (χ0v) is 30.1. The van der Waals surface area contributed by atoms with Crippen molar-refractivity contribution in [3.05, 3.63) is 167 Å². The summed E-state index contributed by atoms with van der Waals surface area (Å²) in [5.41, 5.74) is 13.5. The minimum atomic E-state index is 0.351. The van der Waals surface area contributed by atoms with E-state index in [1.165, 1.54) is 70.3 Å². The van der Waals surface area contributed by atoms with E-state index in [1.54, 1.807) is 0 Å². The number of aromatic nitrogens is 3. The Kier molecular flexibility index (Phi) is 7.40. The summed E-state index contributed by atoms with van der Waals surface area (Å²) >= 11 is 1.96. The Labute approximate surface area is 308 Å². The van der Waals surface area contributed by atoms with Crippen molar-refractivity contribution in [1.29, 1.82) is 0 Å². The van der Waals surface area contributed by atoms with Crippen LogP contribution in [0.3, 0.4) is 0 Å². The van der Waals surface area contributed by atoms with Crippen molar-refractivity contribution in [2.45, 2.75) is 32.6 Å². The summed E-state index contributed by atoms with van der Waals surface area (Å²) in [6, 6.07) is 43.9. The number of rotatable bonds is 5. The normalized spacial score (nSPS) is 17.0. The van der Waals surface area contributed by atoms with Gasteiger partial charge in [0.25, 0.3) is 0 Å². The first-order chi connectivity index (χ1) is 25.6. The number of benzene rings is 5. The summed E-state index contributed by atoms with van der Waals surface area (Å²) in [6.45, 7) is 4.67. The molecule has 4 heteroatoms. The maximum absolute atomic E-state index is 5.28. The highest BCUT2D eigenvalue weighted by Gasteiger charge is 2.23. The molecule has 52 heavy (non-hydrogen) atoms. The highest BCUT2D eigenvalue weighted by Crippen LogP contribution is 2.45. The molecule has 0 fully saturated rings. The number of nitrogens with zero attached hydrogens (tertiary/aromatic N) is 3. The fourth-order valence-corrected chi connectivity index (χ4v) is 9.74. The van der Waals surface area contributed by atoms with Crippen molar-refractivity contribution >= 4 is 60.5 Å². The van der Waals surface area contributed by atoms with Gasteiger partial charge in [0, 0.05) is 31.9 Å². The van der Waals surface area contributed by atoms with Gasteiger partial charge in [0.1, 0.15) is 0 Å². The molecular formula is C48H37N3S. The second-order valence-corrected chi connectivity index (χ2v) is 15.3. The Morgan fingerprint density at radius 2 is 1.44 bits per heavy atom. The summed E-state index contributed by atoms with van der Waals surface area (Å²) in [6.07, 6.45) is 13.1. The zero-order valence-electron chi connectivity index (χ0n) is 29.3. The second-order valence-electron chi connectivity index (χ2n) is 14.3. The zero-order chi connectivity index (χ0) is 34.8. The van der Waals surface area contributed by atoms with Gasteiger partial charge in [-0.3, -0.25) is 4.57 Å². The maximum atomic E-state index is 5.28. The van der Waals surface area contributed by atoms with Crippen LogP contribution in [0.5, 0.6) is 0 Å². The van der Waals surface area contributed by atoms with Gasteiger partial charge in [-0.1, -0.05) is 135 Å². The van der Waals surface area contributed by atoms with Gasteiger partial charge in [-0.2, -0.15) is 0 Å². The predicted molar refractivity (Wildman–Crippen MR) is 221 cm³/mol. The molecule has 2 atom stereocenters. The van der Waals surface area contributed by atoms with Gasteiger partial charge in [0.15, 0.2) is 0 Å². The molecule has 0 saturated carbocycles. The van der Waals surface area contributed by atoms with Crippen LogP contribution in [0, 0.1) is 5.92 Å². The number of para-hydroxylation sites is 1. The number of hydrogen-bond donors (Lipinski definition) is 0. The van der Waals surface area contributed by atoms with Crippen LogP contribution in [0.2, 0.25) is 0 Å². The third kappa shape index (κ3) is 5.09. The minimum absolute atomic E-state index is 0.351. The van der Waals surface area contributed by atoms with Gasteiger partial charge in [0.05, 0.1) is 16.7 Å². The molecule has 10 rings (SSSR count). The van der Waals surface area contributed by atoms with Crippen molar-refractivity contribution < 1.29 is 0 Å². The summed E-state index contributed by atoms with van der Waals surface area (Å²) in [4.78, 5) is 11.7. The molecule has 0 spiro atoms. The standard InChI is InChI=1S/C48H37N3S/c1-30-11-8-18-41-42-19-10-17-38(47(42)52-46(30)41)35-21-24-40-39-16-6-7-20-44(39)51(45(40)29-35)48-49-26-25-43(50-48)36-22-23-37(31(2)27-36)34-15-9-14-33(28-34)32-12-4-3-5-13-32/h3-10,12-26,28-31H,11,27H2,1-2H3. The lowest BCUT2D eigenvalue weighted by atomic mass is 9.83. The molecule has 0 aliphatic heterocycles. The number of hydrogen-bond acceptors (Lipinski definition) is 3. The van der Waals surface area contributed by atoms with E-state index in [-0.39, 0.29) is 0 Å². The van der Waals surface area contributed by atoms with Gasteiger partial charge in [0.2, 0.25) is 5.95 Å². The minimum Gasteiger partial charge on any atom is -0.278 e. The third-order valence-electron chi connectivity index (χ3n) is 11.0. The number of fused-ring (bicyclic) bond motifs is 6. The Balaban J connectivity index is 1.06. The molecule has 3 aromatic heterocycles. The van der Waals surface area contributed by atoms with Crippen LogP contribution in [-0.2, 0) is 0 Å². The fourth-order valence-electron chi connectivity index (χ4n) is 8.35. The molecule has 2 unspecified atom stereocenters. The molecule has 8 aromatic rings. The fraction of sp³-hybridized carbons (Fsp3) is 0.125. The first-order valence-corrected chi connectivity index (χ1v) is 19.1. The van der Waals surface area contributed by atoms with Crippen molar-refractivity contribution in [2.75, 3.05) is 0 Å². The number of allylic oxidation sites excluding steroid dienone is 5. The van der Waals surface area contributed by atoms with E-state index in [9.17, 15) is 0 Å². The first kappa shape index (κ1) is 30.9. The summed E-state index contributed by atoms with van der Waals surface area (Å²) in [5, 5.41) is 3.77. The lowest BCUT2D eigenvalue weighted by Gasteiger charge is -2.22. The average molecular weight is 688 g/mol. The molecule has 2 aliphatic carbocycles. The Hall–Kier alpha value is -5.84. The smallest absolute Gasteiger partial charge is 0.235 e. The van der Waals surface area contributed by atoms with Crippen LogP contribution in [0.15, 0.2) is 146 Å². The van der Waals surface area contributed by atoms with Crippen molar-refractivity contribution in [1.82, 2.24) is 14.5 Å². The summed E-state index contributed by atoms with van der Waals surface area (Å²) in [7, 11) is 0. The maximum Gasteiger partial charge on any atom is 0.235 e. The monoisotopic (exact) mass is 687 g/mol. The summed E-state index contributed by atoms with van der Waals surface area (Å²) in [5.74, 6) is 1.60. The molecule has 0 saturated heterocycles. The number of thiophene rings is 1. The van der Waals surface area contributed by atoms with Crippen LogP contribution in [0.1, 0.15) is 54.3 Å². The van der Waals surface area contributed by atoms with Crippen LogP contribution in [-0.4, -0.2) is 14.5 Å². The van der Waals surface area contributed by atoms with E-state index in [1.807, 2.05) is 17.5 Å². The molecule has 3 nitrogen and oxygen atoms in total. The van der Waals surface area contributed by atoms with Gasteiger partial charge < -0.3 is 0 Å². The van der Waals surface area contributed by atoms with Gasteiger partial charge in [-0.05, 0) is 93.5 Å². The Morgan fingerprint density at radius 1 is 0.654 bits per heavy atom. The van der Waals surface area contributed by atoms with Crippen molar-refractivity contribution in [3.8, 4) is 28.2 Å². The molecule has 0 N–H and O–H groups in total. The van der Waals surface area contributed by atoms with Gasteiger partial charge in [-0.15, -0.1) is 11.3 Å². The molecule has 0 amide bonds. The SMILES string of the molecule is CC1CC(c2ccnc(-n3c4ccccc4c4ccc(-c5cccc6c7c(sc56)C(C)CC=C7)cc43)n2)=CC=C1c1cccc(-c2ccccc2)c1. The van der Waals surface area contributed by atoms with Gasteiger partial charge >= 0.3 is 0 Å². The van der Waals surface area contributed by atoms with Crippen molar-refractivity contribution in [3.63, 3.8) is 0 Å². The molecule has 2 aliphatic rings. The Bertz CT molecular complexity index is 2780. The highest BCUT2D eigenvalue weighted by atomic mass is 32.1. The topological polar surface area (TPSA) is 30.7 Å². The van der Waals surface area contributed by atoms with Crippen LogP contribution in [0.25, 0.3) is 77.3 Å². The van der Waals surface area contributed by atoms with E-state index in [2.05, 4.69) is 164 Å². The molecule has 5 aromatic carbocycles.